The van der Waals surface area contributed by atoms with Crippen LogP contribution in [0, 0.1) is 6.92 Å². The summed E-state index contributed by atoms with van der Waals surface area (Å²) in [5.41, 5.74) is 1.96. The maximum Gasteiger partial charge on any atom is 0.149 e. The zero-order valence-corrected chi connectivity index (χ0v) is 15.8. The van der Waals surface area contributed by atoms with E-state index in [1.54, 1.807) is 12.1 Å². The third kappa shape index (κ3) is 5.29. The number of phenols is 1. The van der Waals surface area contributed by atoms with Crippen LogP contribution in [0.25, 0.3) is 0 Å². The molecule has 0 saturated carbocycles. The Hall–Kier alpha value is -0.550. The molecule has 2 rings (SSSR count). The molecule has 0 spiro atoms. The number of phenolic OH excluding ortho intramolecular Hbond substituents is 1. The predicted molar refractivity (Wildman–Crippen MR) is 97.8 cm³/mol. The molecule has 0 amide bonds. The van der Waals surface area contributed by atoms with Crippen LogP contribution in [0.4, 0.5) is 5.69 Å². The van der Waals surface area contributed by atoms with Gasteiger partial charge >= 0.3 is 0 Å². The van der Waals surface area contributed by atoms with E-state index in [0.29, 0.717) is 14.9 Å². The Morgan fingerprint density at radius 1 is 1.14 bits per heavy atom. The molecule has 21 heavy (non-hydrogen) atoms. The van der Waals surface area contributed by atoms with Crippen LogP contribution in [-0.4, -0.2) is 5.11 Å². The molecule has 0 heterocycles. The lowest BCUT2D eigenvalue weighted by Gasteiger charge is -2.11. The summed E-state index contributed by atoms with van der Waals surface area (Å²) < 4.78 is 3.98. The zero-order chi connectivity index (χ0) is 16.0. The summed E-state index contributed by atoms with van der Waals surface area (Å²) in [6, 6.07) is 9.02. The summed E-state index contributed by atoms with van der Waals surface area (Å²) >= 11 is 16.5. The van der Waals surface area contributed by atoms with Gasteiger partial charge in [-0.05, 0) is 54.8 Å². The van der Waals surface area contributed by atoms with Gasteiger partial charge in [-0.25, -0.2) is 0 Å². The molecule has 0 aliphatic carbocycles. The maximum absolute atomic E-state index is 9.88. The number of rotatable bonds is 3. The van der Waals surface area contributed by atoms with Crippen molar-refractivity contribution in [3.8, 4) is 5.75 Å². The fraction of sp³-hybridized carbons (Fsp3) is 0.200. The molecule has 0 bridgehead atoms. The van der Waals surface area contributed by atoms with Crippen LogP contribution in [-0.2, 0) is 0 Å². The van der Waals surface area contributed by atoms with Gasteiger partial charge in [0.15, 0.2) is 0 Å². The summed E-state index contributed by atoms with van der Waals surface area (Å²) in [6.45, 7) is 5.96. The third-order valence-corrected chi connectivity index (χ3v) is 4.29. The van der Waals surface area contributed by atoms with Gasteiger partial charge in [0.2, 0.25) is 0 Å². The van der Waals surface area contributed by atoms with E-state index in [9.17, 15) is 5.11 Å². The van der Waals surface area contributed by atoms with E-state index in [1.807, 2.05) is 39.0 Å². The molecule has 114 valence electrons. The molecule has 0 unspecified atom stereocenters. The van der Waals surface area contributed by atoms with Crippen molar-refractivity contribution in [2.75, 3.05) is 4.72 Å². The van der Waals surface area contributed by atoms with Gasteiger partial charge in [-0.15, -0.1) is 0 Å². The molecular weight excluding hydrogens is 393 g/mol. The van der Waals surface area contributed by atoms with Crippen LogP contribution < -0.4 is 4.72 Å². The van der Waals surface area contributed by atoms with Crippen LogP contribution in [0.3, 0.4) is 0 Å². The molecule has 0 aromatic heterocycles. The van der Waals surface area contributed by atoms with Gasteiger partial charge in [-0.2, -0.15) is 0 Å². The lowest BCUT2D eigenvalue weighted by atomic mass is 10.2. The van der Waals surface area contributed by atoms with Crippen LogP contribution in [0.2, 0.25) is 10.0 Å². The first kappa shape index (κ1) is 18.5. The summed E-state index contributed by atoms with van der Waals surface area (Å²) in [5, 5.41) is 10.9. The molecule has 0 atom stereocenters. The van der Waals surface area contributed by atoms with Gasteiger partial charge in [0, 0.05) is 15.2 Å². The van der Waals surface area contributed by atoms with E-state index in [0.717, 1.165) is 15.7 Å². The van der Waals surface area contributed by atoms with E-state index in [1.165, 1.54) is 11.9 Å². The minimum absolute atomic E-state index is 0.0639. The largest absolute Gasteiger partial charge is 0.505 e. The monoisotopic (exact) mass is 407 g/mol. The van der Waals surface area contributed by atoms with E-state index in [2.05, 4.69) is 20.7 Å². The minimum Gasteiger partial charge on any atom is -0.505 e. The highest BCUT2D eigenvalue weighted by Gasteiger charge is 2.09. The Balaban J connectivity index is 0.00000106. The summed E-state index contributed by atoms with van der Waals surface area (Å²) in [6.07, 6.45) is 0. The second-order valence-corrected chi connectivity index (χ2v) is 6.51. The van der Waals surface area contributed by atoms with Crippen molar-refractivity contribution in [2.24, 2.45) is 0 Å². The van der Waals surface area contributed by atoms with Crippen molar-refractivity contribution in [3.63, 3.8) is 0 Å². The highest BCUT2D eigenvalue weighted by molar-refractivity contribution is 9.10. The van der Waals surface area contributed by atoms with Crippen LogP contribution >= 0.6 is 51.1 Å². The van der Waals surface area contributed by atoms with Gasteiger partial charge in [0.1, 0.15) is 5.75 Å². The fourth-order valence-corrected chi connectivity index (χ4v) is 3.56. The fourth-order valence-electron chi connectivity index (χ4n) is 1.47. The number of anilines is 1. The molecule has 0 saturated heterocycles. The molecule has 2 aromatic rings. The van der Waals surface area contributed by atoms with Crippen molar-refractivity contribution < 1.29 is 5.11 Å². The SMILES string of the molecule is CC.Cc1cc(Cl)ccc1NSc1cc(Br)cc(Cl)c1O. The highest BCUT2D eigenvalue weighted by atomic mass is 79.9. The number of hydrogen-bond donors (Lipinski definition) is 2. The number of aromatic hydroxyl groups is 1. The standard InChI is InChI=1S/C13H10BrCl2NOS.C2H6/c1-7-4-9(15)2-3-11(7)17-19-12-6-8(14)5-10(16)13(12)18;1-2/h2-6,17-18H,1H3;1-2H3. The second-order valence-electron chi connectivity index (χ2n) is 3.90. The number of hydrogen-bond acceptors (Lipinski definition) is 3. The van der Waals surface area contributed by atoms with E-state index < -0.39 is 0 Å². The number of nitrogens with one attached hydrogen (secondary N) is 1. The van der Waals surface area contributed by atoms with Crippen molar-refractivity contribution in [2.45, 2.75) is 25.7 Å². The third-order valence-electron chi connectivity index (χ3n) is 2.45. The maximum atomic E-state index is 9.88. The topological polar surface area (TPSA) is 32.3 Å². The van der Waals surface area contributed by atoms with Gasteiger partial charge in [0.05, 0.1) is 9.92 Å². The van der Waals surface area contributed by atoms with Gasteiger partial charge in [-0.3, -0.25) is 0 Å². The van der Waals surface area contributed by atoms with Crippen LogP contribution in [0.1, 0.15) is 19.4 Å². The Morgan fingerprint density at radius 2 is 1.81 bits per heavy atom. The summed E-state index contributed by atoms with van der Waals surface area (Å²) in [5.74, 6) is 0.0639. The zero-order valence-electron chi connectivity index (χ0n) is 11.9. The molecular formula is C15H16BrCl2NOS. The predicted octanol–water partition coefficient (Wildman–Crippen LogP) is 6.92. The molecule has 0 fully saturated rings. The number of halogens is 3. The van der Waals surface area contributed by atoms with Crippen LogP contribution in [0.5, 0.6) is 5.75 Å². The molecule has 0 aliphatic rings. The molecule has 2 N–H and O–H groups in total. The van der Waals surface area contributed by atoms with Crippen molar-refractivity contribution in [3.05, 3.63) is 50.4 Å². The van der Waals surface area contributed by atoms with Crippen molar-refractivity contribution >= 4 is 56.8 Å². The van der Waals surface area contributed by atoms with Gasteiger partial charge < -0.3 is 9.83 Å². The Bertz CT molecular complexity index is 623. The molecule has 2 aromatic carbocycles. The molecule has 0 aliphatic heterocycles. The Kier molecular flexibility index (Phi) is 7.74. The minimum atomic E-state index is 0.0639. The quantitative estimate of drug-likeness (QED) is 0.540. The van der Waals surface area contributed by atoms with E-state index in [-0.39, 0.29) is 5.75 Å². The lowest BCUT2D eigenvalue weighted by Crippen LogP contribution is -1.90. The highest BCUT2D eigenvalue weighted by Crippen LogP contribution is 2.38. The average Bonchev–Trinajstić information content (AvgIpc) is 2.45. The molecule has 2 nitrogen and oxygen atoms in total. The van der Waals surface area contributed by atoms with Crippen molar-refractivity contribution in [1.29, 1.82) is 0 Å². The first-order chi connectivity index (χ1) is 9.97. The van der Waals surface area contributed by atoms with Gasteiger partial charge in [-0.1, -0.05) is 53.0 Å². The lowest BCUT2D eigenvalue weighted by molar-refractivity contribution is 0.462. The molecule has 6 heteroatoms. The second kappa shape index (κ2) is 8.79. The van der Waals surface area contributed by atoms with Crippen molar-refractivity contribution in [1.82, 2.24) is 0 Å². The normalized spacial score (nSPS) is 9.81. The van der Waals surface area contributed by atoms with Gasteiger partial charge in [0.25, 0.3) is 0 Å². The Labute approximate surface area is 148 Å². The molecule has 0 radical (unpaired) electrons. The van der Waals surface area contributed by atoms with E-state index >= 15 is 0 Å². The first-order valence-corrected chi connectivity index (χ1v) is 8.71. The Morgan fingerprint density at radius 3 is 2.43 bits per heavy atom. The smallest absolute Gasteiger partial charge is 0.149 e. The average molecular weight is 409 g/mol. The summed E-state index contributed by atoms with van der Waals surface area (Å²) in [4.78, 5) is 0.647. The number of aryl methyl sites for hydroxylation is 1. The van der Waals surface area contributed by atoms with E-state index in [4.69, 9.17) is 23.2 Å². The van der Waals surface area contributed by atoms with Crippen LogP contribution in [0.15, 0.2) is 39.7 Å². The number of benzene rings is 2. The first-order valence-electron chi connectivity index (χ1n) is 6.34. The summed E-state index contributed by atoms with van der Waals surface area (Å²) in [7, 11) is 0.